The molecular formula is C22H24N4O. The van der Waals surface area contributed by atoms with E-state index in [-0.39, 0.29) is 0 Å². The predicted molar refractivity (Wildman–Crippen MR) is 109 cm³/mol. The highest BCUT2D eigenvalue weighted by Crippen LogP contribution is 2.37. The van der Waals surface area contributed by atoms with Crippen molar-refractivity contribution in [3.8, 4) is 28.1 Å². The van der Waals surface area contributed by atoms with Crippen LogP contribution in [0.15, 0.2) is 54.6 Å². The summed E-state index contributed by atoms with van der Waals surface area (Å²) >= 11 is 0. The Morgan fingerprint density at radius 1 is 0.963 bits per heavy atom. The van der Waals surface area contributed by atoms with Crippen molar-refractivity contribution in [3.63, 3.8) is 0 Å². The van der Waals surface area contributed by atoms with Crippen molar-refractivity contribution in [1.82, 2.24) is 15.3 Å². The number of nitrogens with one attached hydrogen (secondary N) is 1. The second kappa shape index (κ2) is 7.76. The first-order valence-electron chi connectivity index (χ1n) is 9.34. The number of rotatable bonds is 4. The fourth-order valence-corrected chi connectivity index (χ4v) is 3.63. The van der Waals surface area contributed by atoms with Crippen LogP contribution in [0.5, 0.6) is 5.75 Å². The third-order valence-electron chi connectivity index (χ3n) is 5.06. The molecule has 0 atom stereocenters. The first-order chi connectivity index (χ1) is 13.3. The van der Waals surface area contributed by atoms with Gasteiger partial charge in [-0.25, -0.2) is 9.97 Å². The lowest BCUT2D eigenvalue weighted by Gasteiger charge is -2.23. The molecule has 1 aromatic heterocycles. The maximum atomic E-state index is 6.48. The third-order valence-corrected chi connectivity index (χ3v) is 5.06. The van der Waals surface area contributed by atoms with Crippen molar-refractivity contribution in [3.05, 3.63) is 60.4 Å². The second-order valence-electron chi connectivity index (χ2n) is 6.81. The van der Waals surface area contributed by atoms with E-state index in [0.717, 1.165) is 59.9 Å². The smallest absolute Gasteiger partial charge is 0.135 e. The van der Waals surface area contributed by atoms with Gasteiger partial charge in [0, 0.05) is 11.5 Å². The van der Waals surface area contributed by atoms with Crippen LogP contribution in [-0.4, -0.2) is 30.2 Å². The molecule has 2 aromatic carbocycles. The summed E-state index contributed by atoms with van der Waals surface area (Å²) in [4.78, 5) is 9.71. The molecule has 27 heavy (non-hydrogen) atoms. The highest BCUT2D eigenvalue weighted by atomic mass is 16.5. The molecule has 0 amide bonds. The Kier molecular flexibility index (Phi) is 5.03. The van der Waals surface area contributed by atoms with E-state index in [4.69, 9.17) is 20.4 Å². The number of anilines is 1. The molecule has 4 rings (SSSR count). The molecule has 0 radical (unpaired) electrons. The molecular weight excluding hydrogens is 336 g/mol. The zero-order chi connectivity index (χ0) is 18.6. The Morgan fingerprint density at radius 3 is 2.44 bits per heavy atom. The average Bonchev–Trinajstić information content (AvgIpc) is 2.74. The monoisotopic (exact) mass is 360 g/mol. The van der Waals surface area contributed by atoms with Crippen LogP contribution in [0, 0.1) is 0 Å². The Labute approximate surface area is 159 Å². The van der Waals surface area contributed by atoms with Gasteiger partial charge in [0.2, 0.25) is 0 Å². The molecule has 0 saturated carbocycles. The van der Waals surface area contributed by atoms with Gasteiger partial charge < -0.3 is 15.8 Å². The van der Waals surface area contributed by atoms with Crippen molar-refractivity contribution in [1.29, 1.82) is 0 Å². The van der Waals surface area contributed by atoms with E-state index < -0.39 is 0 Å². The highest BCUT2D eigenvalue weighted by Gasteiger charge is 2.22. The lowest BCUT2D eigenvalue weighted by molar-refractivity contribution is 0.415. The first-order valence-corrected chi connectivity index (χ1v) is 9.34. The number of nitrogen functional groups attached to an aromatic ring is 1. The van der Waals surface area contributed by atoms with E-state index in [2.05, 4.69) is 17.4 Å². The van der Waals surface area contributed by atoms with Crippen LogP contribution in [0.3, 0.4) is 0 Å². The van der Waals surface area contributed by atoms with E-state index in [1.54, 1.807) is 7.11 Å². The molecule has 5 heteroatoms. The minimum Gasteiger partial charge on any atom is -0.497 e. The zero-order valence-electron chi connectivity index (χ0n) is 15.5. The van der Waals surface area contributed by atoms with E-state index in [1.165, 1.54) is 0 Å². The molecule has 1 fully saturated rings. The largest absolute Gasteiger partial charge is 0.497 e. The normalized spacial score (nSPS) is 14.9. The van der Waals surface area contributed by atoms with E-state index in [1.807, 2.05) is 42.5 Å². The maximum absolute atomic E-state index is 6.48. The Bertz CT molecular complexity index is 921. The molecule has 1 aliphatic rings. The van der Waals surface area contributed by atoms with Gasteiger partial charge in [0.05, 0.1) is 18.4 Å². The molecule has 0 bridgehead atoms. The van der Waals surface area contributed by atoms with Gasteiger partial charge in [-0.3, -0.25) is 0 Å². The highest BCUT2D eigenvalue weighted by molar-refractivity contribution is 5.87. The topological polar surface area (TPSA) is 73.1 Å². The maximum Gasteiger partial charge on any atom is 0.135 e. The molecule has 2 heterocycles. The van der Waals surface area contributed by atoms with Gasteiger partial charge in [-0.2, -0.15) is 0 Å². The number of benzene rings is 2. The zero-order valence-corrected chi connectivity index (χ0v) is 15.5. The van der Waals surface area contributed by atoms with E-state index in [0.29, 0.717) is 11.7 Å². The summed E-state index contributed by atoms with van der Waals surface area (Å²) in [5.41, 5.74) is 10.2. The molecule has 1 aliphatic heterocycles. The minimum atomic E-state index is 0.343. The summed E-state index contributed by atoms with van der Waals surface area (Å²) in [7, 11) is 1.66. The van der Waals surface area contributed by atoms with E-state index >= 15 is 0 Å². The average molecular weight is 360 g/mol. The lowest BCUT2D eigenvalue weighted by atomic mass is 9.95. The van der Waals surface area contributed by atoms with Crippen LogP contribution >= 0.6 is 0 Å². The van der Waals surface area contributed by atoms with Gasteiger partial charge >= 0.3 is 0 Å². The summed E-state index contributed by atoms with van der Waals surface area (Å²) in [5, 5.41) is 3.39. The molecule has 5 nitrogen and oxygen atoms in total. The van der Waals surface area contributed by atoms with Crippen LogP contribution in [-0.2, 0) is 0 Å². The number of methoxy groups -OCH3 is 1. The molecule has 0 spiro atoms. The molecule has 0 aliphatic carbocycles. The summed E-state index contributed by atoms with van der Waals surface area (Å²) in [6, 6.07) is 18.1. The Hall–Kier alpha value is -2.92. The van der Waals surface area contributed by atoms with Gasteiger partial charge in [0.15, 0.2) is 0 Å². The molecule has 3 aromatic rings. The summed E-state index contributed by atoms with van der Waals surface area (Å²) in [6.45, 7) is 1.98. The number of hydrogen-bond donors (Lipinski definition) is 2. The van der Waals surface area contributed by atoms with Crippen LogP contribution in [0.25, 0.3) is 22.4 Å². The fraction of sp³-hybridized carbons (Fsp3) is 0.273. The van der Waals surface area contributed by atoms with E-state index in [9.17, 15) is 0 Å². The minimum absolute atomic E-state index is 0.343. The molecule has 1 saturated heterocycles. The number of aromatic nitrogens is 2. The van der Waals surface area contributed by atoms with Gasteiger partial charge in [-0.1, -0.05) is 42.5 Å². The molecule has 0 unspecified atom stereocenters. The van der Waals surface area contributed by atoms with Crippen LogP contribution in [0.2, 0.25) is 0 Å². The van der Waals surface area contributed by atoms with Crippen molar-refractivity contribution >= 4 is 5.82 Å². The second-order valence-corrected chi connectivity index (χ2v) is 6.81. The SMILES string of the molecule is COc1cccc(-c2c(N)nc(C3CCNCC3)nc2-c2ccccc2)c1. The standard InChI is InChI=1S/C22H24N4O/c1-27-18-9-5-8-17(14-18)19-20(15-6-3-2-4-7-15)25-22(26-21(19)23)16-10-12-24-13-11-16/h2-9,14,16,24H,10-13H2,1H3,(H2,23,25,26). The number of hydrogen-bond acceptors (Lipinski definition) is 5. The quantitative estimate of drug-likeness (QED) is 0.739. The number of nitrogens with zero attached hydrogens (tertiary/aromatic N) is 2. The van der Waals surface area contributed by atoms with Gasteiger partial charge in [0.1, 0.15) is 17.4 Å². The van der Waals surface area contributed by atoms with Gasteiger partial charge in [-0.05, 0) is 43.6 Å². The Morgan fingerprint density at radius 2 is 1.70 bits per heavy atom. The molecule has 3 N–H and O–H groups in total. The van der Waals surface area contributed by atoms with Crippen molar-refractivity contribution in [2.24, 2.45) is 0 Å². The summed E-state index contributed by atoms with van der Waals surface area (Å²) < 4.78 is 5.39. The number of ether oxygens (including phenoxy) is 1. The van der Waals surface area contributed by atoms with Crippen molar-refractivity contribution in [2.75, 3.05) is 25.9 Å². The van der Waals surface area contributed by atoms with Gasteiger partial charge in [-0.15, -0.1) is 0 Å². The van der Waals surface area contributed by atoms with Crippen molar-refractivity contribution < 1.29 is 4.74 Å². The fourth-order valence-electron chi connectivity index (χ4n) is 3.63. The van der Waals surface area contributed by atoms with Crippen LogP contribution < -0.4 is 15.8 Å². The van der Waals surface area contributed by atoms with Crippen LogP contribution in [0.1, 0.15) is 24.6 Å². The number of piperidine rings is 1. The third kappa shape index (κ3) is 3.64. The Balaban J connectivity index is 1.89. The predicted octanol–water partition coefficient (Wildman–Crippen LogP) is 3.87. The molecule has 138 valence electrons. The summed E-state index contributed by atoms with van der Waals surface area (Å²) in [6.07, 6.45) is 2.07. The van der Waals surface area contributed by atoms with Crippen molar-refractivity contribution in [2.45, 2.75) is 18.8 Å². The van der Waals surface area contributed by atoms with Gasteiger partial charge in [0.25, 0.3) is 0 Å². The number of nitrogens with two attached hydrogens (primary N) is 1. The lowest BCUT2D eigenvalue weighted by Crippen LogP contribution is -2.27. The van der Waals surface area contributed by atoms with Crippen LogP contribution in [0.4, 0.5) is 5.82 Å². The summed E-state index contributed by atoms with van der Waals surface area (Å²) in [5.74, 6) is 2.49. The first kappa shape index (κ1) is 17.5.